The van der Waals surface area contributed by atoms with Gasteiger partial charge < -0.3 is 4.57 Å². The molecule has 5 nitrogen and oxygen atoms in total. The van der Waals surface area contributed by atoms with Crippen molar-refractivity contribution in [1.29, 1.82) is 0 Å². The second-order valence-electron chi connectivity index (χ2n) is 6.05. The van der Waals surface area contributed by atoms with Crippen LogP contribution in [-0.4, -0.2) is 23.2 Å². The molecule has 1 aromatic rings. The van der Waals surface area contributed by atoms with Gasteiger partial charge in [-0.1, -0.05) is 46.0 Å². The van der Waals surface area contributed by atoms with Crippen molar-refractivity contribution in [2.75, 3.05) is 0 Å². The molecule has 1 saturated carbocycles. The maximum atomic E-state index is 11.6. The molecule has 20 heavy (non-hydrogen) atoms. The lowest BCUT2D eigenvalue weighted by atomic mass is 9.87. The van der Waals surface area contributed by atoms with E-state index in [2.05, 4.69) is 10.2 Å². The monoisotopic (exact) mass is 319 g/mol. The Morgan fingerprint density at radius 3 is 2.45 bits per heavy atom. The van der Waals surface area contributed by atoms with Gasteiger partial charge in [-0.2, -0.15) is 0 Å². The molecule has 0 radical (unpaired) electrons. The van der Waals surface area contributed by atoms with Crippen LogP contribution < -0.4 is 0 Å². The Kier molecular flexibility index (Phi) is 5.07. The van der Waals surface area contributed by atoms with Gasteiger partial charge in [-0.15, -0.1) is 10.2 Å². The van der Waals surface area contributed by atoms with Crippen LogP contribution >= 0.6 is 10.7 Å². The Hall–Kier alpha value is -0.620. The zero-order valence-corrected chi connectivity index (χ0v) is 13.6. The smallest absolute Gasteiger partial charge is 0.296 e. The molecule has 0 spiro atoms. The van der Waals surface area contributed by atoms with E-state index in [4.69, 9.17) is 10.7 Å². The fourth-order valence-corrected chi connectivity index (χ4v) is 3.77. The maximum Gasteiger partial charge on any atom is 0.296 e. The van der Waals surface area contributed by atoms with Gasteiger partial charge >= 0.3 is 0 Å². The van der Waals surface area contributed by atoms with Gasteiger partial charge in [0.05, 0.1) is 0 Å². The third-order valence-electron chi connectivity index (χ3n) is 3.76. The van der Waals surface area contributed by atoms with Gasteiger partial charge in [0.2, 0.25) is 0 Å². The average molecular weight is 320 g/mol. The lowest BCUT2D eigenvalue weighted by Gasteiger charge is -2.21. The molecule has 0 amide bonds. The van der Waals surface area contributed by atoms with Crippen LogP contribution in [0.15, 0.2) is 5.16 Å². The molecule has 0 aliphatic heterocycles. The Bertz CT molecular complexity index is 548. The minimum absolute atomic E-state index is 0.112. The molecule has 0 N–H and O–H groups in total. The molecule has 114 valence electrons. The van der Waals surface area contributed by atoms with Crippen LogP contribution in [0.1, 0.15) is 51.8 Å². The third kappa shape index (κ3) is 3.95. The Morgan fingerprint density at radius 1 is 1.25 bits per heavy atom. The lowest BCUT2D eigenvalue weighted by molar-refractivity contribution is 0.343. The number of nitrogens with zero attached hydrogens (tertiary/aromatic N) is 3. The molecule has 0 saturated heterocycles. The summed E-state index contributed by atoms with van der Waals surface area (Å²) in [5.41, 5.74) is 0. The topological polar surface area (TPSA) is 64.8 Å². The highest BCUT2D eigenvalue weighted by molar-refractivity contribution is 8.13. The van der Waals surface area contributed by atoms with E-state index in [-0.39, 0.29) is 5.16 Å². The molecule has 0 unspecified atom stereocenters. The van der Waals surface area contributed by atoms with Crippen molar-refractivity contribution in [3.63, 3.8) is 0 Å². The fraction of sp³-hybridized carbons (Fsp3) is 0.846. The van der Waals surface area contributed by atoms with Crippen LogP contribution in [-0.2, 0) is 22.0 Å². The SMILES string of the molecule is CC(C)Cn1c(CC2CCCCC2)nnc1S(=O)(=O)Cl. The number of halogens is 1. The van der Waals surface area contributed by atoms with Gasteiger partial charge in [-0.05, 0) is 11.8 Å². The molecule has 1 aliphatic carbocycles. The zero-order valence-electron chi connectivity index (χ0n) is 12.0. The molecule has 1 aliphatic rings. The maximum absolute atomic E-state index is 11.6. The molecule has 1 heterocycles. The highest BCUT2D eigenvalue weighted by atomic mass is 35.7. The summed E-state index contributed by atoms with van der Waals surface area (Å²) in [4.78, 5) is 0. The Morgan fingerprint density at radius 2 is 1.90 bits per heavy atom. The quantitative estimate of drug-likeness (QED) is 0.783. The molecule has 0 aromatic carbocycles. The number of aromatic nitrogens is 3. The summed E-state index contributed by atoms with van der Waals surface area (Å²) in [5, 5.41) is 7.77. The van der Waals surface area contributed by atoms with Crippen molar-refractivity contribution < 1.29 is 8.42 Å². The van der Waals surface area contributed by atoms with E-state index in [1.165, 1.54) is 32.1 Å². The van der Waals surface area contributed by atoms with E-state index in [0.717, 1.165) is 12.2 Å². The summed E-state index contributed by atoms with van der Waals surface area (Å²) in [6, 6.07) is 0. The summed E-state index contributed by atoms with van der Waals surface area (Å²) in [6.45, 7) is 4.65. The van der Waals surface area contributed by atoms with Gasteiger partial charge in [0.15, 0.2) is 0 Å². The van der Waals surface area contributed by atoms with E-state index in [1.807, 2.05) is 13.8 Å². The molecule has 1 aromatic heterocycles. The highest BCUT2D eigenvalue weighted by Crippen LogP contribution is 2.27. The van der Waals surface area contributed by atoms with Crippen LogP contribution in [0.5, 0.6) is 0 Å². The van der Waals surface area contributed by atoms with E-state index in [9.17, 15) is 8.42 Å². The molecule has 0 bridgehead atoms. The minimum Gasteiger partial charge on any atom is -0.301 e. The van der Waals surface area contributed by atoms with E-state index in [1.54, 1.807) is 4.57 Å². The molecular formula is C13H22ClN3O2S. The van der Waals surface area contributed by atoms with Crippen LogP contribution in [0.3, 0.4) is 0 Å². The second-order valence-corrected chi connectivity index (χ2v) is 8.51. The van der Waals surface area contributed by atoms with Gasteiger partial charge in [0.1, 0.15) is 5.82 Å². The lowest BCUT2D eigenvalue weighted by Crippen LogP contribution is -2.17. The van der Waals surface area contributed by atoms with E-state index >= 15 is 0 Å². The van der Waals surface area contributed by atoms with Crippen molar-refractivity contribution in [3.05, 3.63) is 5.82 Å². The van der Waals surface area contributed by atoms with Crippen LogP contribution in [0.4, 0.5) is 0 Å². The first-order valence-electron chi connectivity index (χ1n) is 7.24. The predicted molar refractivity (Wildman–Crippen MR) is 78.2 cm³/mol. The molecule has 0 atom stereocenters. The van der Waals surface area contributed by atoms with Gasteiger partial charge in [-0.25, -0.2) is 8.42 Å². The summed E-state index contributed by atoms with van der Waals surface area (Å²) in [6.07, 6.45) is 6.99. The standard InChI is InChI=1S/C13H22ClN3O2S/c1-10(2)9-17-12(8-11-6-4-3-5-7-11)15-16-13(17)20(14,18)19/h10-11H,3-9H2,1-2H3. The normalized spacial score (nSPS) is 17.8. The van der Waals surface area contributed by atoms with Crippen molar-refractivity contribution in [2.45, 2.75) is 64.1 Å². The van der Waals surface area contributed by atoms with Crippen LogP contribution in [0.25, 0.3) is 0 Å². The first-order valence-corrected chi connectivity index (χ1v) is 9.55. The summed E-state index contributed by atoms with van der Waals surface area (Å²) in [7, 11) is 1.61. The Balaban J connectivity index is 2.25. The molecular weight excluding hydrogens is 298 g/mol. The largest absolute Gasteiger partial charge is 0.301 e. The van der Waals surface area contributed by atoms with E-state index in [0.29, 0.717) is 18.4 Å². The molecule has 2 rings (SSSR count). The predicted octanol–water partition coefficient (Wildman–Crippen LogP) is 2.98. The van der Waals surface area contributed by atoms with Crippen molar-refractivity contribution in [2.24, 2.45) is 11.8 Å². The molecule has 7 heteroatoms. The summed E-state index contributed by atoms with van der Waals surface area (Å²) >= 11 is 0. The van der Waals surface area contributed by atoms with Crippen molar-refractivity contribution >= 4 is 19.7 Å². The second kappa shape index (κ2) is 6.43. The number of rotatable bonds is 5. The molecule has 1 fully saturated rings. The van der Waals surface area contributed by atoms with Crippen LogP contribution in [0.2, 0.25) is 0 Å². The minimum atomic E-state index is -3.84. The Labute approximate surface area is 125 Å². The third-order valence-corrected chi connectivity index (χ3v) is 4.91. The van der Waals surface area contributed by atoms with Gasteiger partial charge in [-0.3, -0.25) is 0 Å². The van der Waals surface area contributed by atoms with Crippen LogP contribution in [0, 0.1) is 11.8 Å². The van der Waals surface area contributed by atoms with Gasteiger partial charge in [0.25, 0.3) is 14.2 Å². The average Bonchev–Trinajstić information content (AvgIpc) is 2.72. The van der Waals surface area contributed by atoms with E-state index < -0.39 is 9.05 Å². The zero-order chi connectivity index (χ0) is 14.8. The summed E-state index contributed by atoms with van der Waals surface area (Å²) < 4.78 is 24.8. The number of hydrogen-bond acceptors (Lipinski definition) is 4. The van der Waals surface area contributed by atoms with Crippen molar-refractivity contribution in [1.82, 2.24) is 14.8 Å². The summed E-state index contributed by atoms with van der Waals surface area (Å²) in [5.74, 6) is 1.66. The highest BCUT2D eigenvalue weighted by Gasteiger charge is 2.25. The number of hydrogen-bond donors (Lipinski definition) is 0. The van der Waals surface area contributed by atoms with Gasteiger partial charge in [0, 0.05) is 23.6 Å². The fourth-order valence-electron chi connectivity index (χ4n) is 2.85. The van der Waals surface area contributed by atoms with Crippen molar-refractivity contribution in [3.8, 4) is 0 Å². The first kappa shape index (κ1) is 15.8. The first-order chi connectivity index (χ1) is 9.38.